The zero-order valence-electron chi connectivity index (χ0n) is 10.8. The predicted octanol–water partition coefficient (Wildman–Crippen LogP) is 3.80. The molecule has 0 fully saturated rings. The second-order valence-corrected chi connectivity index (χ2v) is 4.93. The van der Waals surface area contributed by atoms with Gasteiger partial charge in [0.15, 0.2) is 0 Å². The van der Waals surface area contributed by atoms with Gasteiger partial charge in [-0.25, -0.2) is 0 Å². The van der Waals surface area contributed by atoms with Crippen molar-refractivity contribution in [1.29, 1.82) is 0 Å². The van der Waals surface area contributed by atoms with Crippen molar-refractivity contribution in [2.24, 2.45) is 0 Å². The first-order valence-corrected chi connectivity index (χ1v) is 6.63. The fourth-order valence-electron chi connectivity index (χ4n) is 1.88. The largest absolute Gasteiger partial charge is 0.493 e. The summed E-state index contributed by atoms with van der Waals surface area (Å²) in [5, 5.41) is 10.1. The van der Waals surface area contributed by atoms with Gasteiger partial charge < -0.3 is 9.84 Å². The van der Waals surface area contributed by atoms with Crippen molar-refractivity contribution in [2.75, 3.05) is 13.2 Å². The minimum Gasteiger partial charge on any atom is -0.493 e. The van der Waals surface area contributed by atoms with E-state index < -0.39 is 0 Å². The van der Waals surface area contributed by atoms with E-state index in [9.17, 15) is 5.11 Å². The molecule has 0 aliphatic heterocycles. The van der Waals surface area contributed by atoms with E-state index in [0.717, 1.165) is 11.3 Å². The highest BCUT2D eigenvalue weighted by Gasteiger charge is 2.14. The molecule has 2 aromatic carbocycles. The first kappa shape index (κ1) is 13.9. The first-order valence-electron chi connectivity index (χ1n) is 6.25. The molecule has 0 radical (unpaired) electrons. The van der Waals surface area contributed by atoms with Gasteiger partial charge in [-0.15, -0.1) is 0 Å². The topological polar surface area (TPSA) is 29.5 Å². The number of ether oxygens (including phenoxy) is 1. The van der Waals surface area contributed by atoms with Crippen LogP contribution in [0.4, 0.5) is 0 Å². The van der Waals surface area contributed by atoms with Crippen LogP contribution in [0.15, 0.2) is 48.5 Å². The Morgan fingerprint density at radius 3 is 2.42 bits per heavy atom. The van der Waals surface area contributed by atoms with Crippen molar-refractivity contribution in [3.05, 3.63) is 64.7 Å². The molecular formula is C16H17ClO2. The average molecular weight is 277 g/mol. The Morgan fingerprint density at radius 2 is 1.79 bits per heavy atom. The molecule has 0 heterocycles. The molecule has 0 spiro atoms. The van der Waals surface area contributed by atoms with E-state index >= 15 is 0 Å². The fraction of sp³-hybridized carbons (Fsp3) is 0.250. The smallest absolute Gasteiger partial charge is 0.119 e. The van der Waals surface area contributed by atoms with Gasteiger partial charge in [0.1, 0.15) is 5.75 Å². The summed E-state index contributed by atoms with van der Waals surface area (Å²) < 4.78 is 5.70. The fourth-order valence-corrected chi connectivity index (χ4v) is 2.17. The summed E-state index contributed by atoms with van der Waals surface area (Å²) in [5.41, 5.74) is 2.11. The van der Waals surface area contributed by atoms with E-state index in [1.54, 1.807) is 0 Å². The highest BCUT2D eigenvalue weighted by atomic mass is 35.5. The summed E-state index contributed by atoms with van der Waals surface area (Å²) in [7, 11) is 0. The summed E-state index contributed by atoms with van der Waals surface area (Å²) in [5.74, 6) is 0.686. The van der Waals surface area contributed by atoms with Crippen LogP contribution in [0.25, 0.3) is 0 Å². The summed E-state index contributed by atoms with van der Waals surface area (Å²) >= 11 is 6.13. The van der Waals surface area contributed by atoms with E-state index in [1.807, 2.05) is 55.5 Å². The summed E-state index contributed by atoms with van der Waals surface area (Å²) in [6.07, 6.45) is 0. The van der Waals surface area contributed by atoms with Crippen molar-refractivity contribution in [1.82, 2.24) is 0 Å². The maximum absolute atomic E-state index is 9.49. The van der Waals surface area contributed by atoms with E-state index in [0.29, 0.717) is 11.6 Å². The van der Waals surface area contributed by atoms with Crippen LogP contribution in [-0.4, -0.2) is 18.3 Å². The van der Waals surface area contributed by atoms with Crippen LogP contribution in [0, 0.1) is 6.92 Å². The van der Waals surface area contributed by atoms with Crippen molar-refractivity contribution < 1.29 is 9.84 Å². The molecule has 2 nitrogen and oxygen atoms in total. The second-order valence-electron chi connectivity index (χ2n) is 4.53. The average Bonchev–Trinajstić information content (AvgIpc) is 2.43. The predicted molar refractivity (Wildman–Crippen MR) is 78.0 cm³/mol. The number of rotatable bonds is 5. The standard InChI is InChI=1S/C16H17ClO2/c1-12-6-8-14(9-7-12)19-11-13(10-18)15-4-2-3-5-16(15)17/h2-9,13,18H,10-11H2,1H3. The third kappa shape index (κ3) is 3.72. The summed E-state index contributed by atoms with van der Waals surface area (Å²) in [6, 6.07) is 15.4. The maximum atomic E-state index is 9.49. The first-order chi connectivity index (χ1) is 9.20. The Morgan fingerprint density at radius 1 is 1.11 bits per heavy atom. The van der Waals surface area contributed by atoms with E-state index in [1.165, 1.54) is 5.56 Å². The molecule has 0 aromatic heterocycles. The van der Waals surface area contributed by atoms with Gasteiger partial charge in [0.2, 0.25) is 0 Å². The molecule has 3 heteroatoms. The van der Waals surface area contributed by atoms with Crippen LogP contribution < -0.4 is 4.74 Å². The normalized spacial score (nSPS) is 12.2. The van der Waals surface area contributed by atoms with Gasteiger partial charge >= 0.3 is 0 Å². The van der Waals surface area contributed by atoms with Crippen molar-refractivity contribution >= 4 is 11.6 Å². The Labute approximate surface area is 118 Å². The molecule has 2 rings (SSSR count). The van der Waals surface area contributed by atoms with Gasteiger partial charge in [0, 0.05) is 10.9 Å². The Balaban J connectivity index is 2.04. The van der Waals surface area contributed by atoms with Crippen LogP contribution >= 0.6 is 11.6 Å². The van der Waals surface area contributed by atoms with Gasteiger partial charge in [-0.05, 0) is 30.7 Å². The lowest BCUT2D eigenvalue weighted by molar-refractivity contribution is 0.205. The lowest BCUT2D eigenvalue weighted by atomic mass is 10.0. The summed E-state index contributed by atoms with van der Waals surface area (Å²) in [4.78, 5) is 0. The number of aryl methyl sites for hydroxylation is 1. The van der Waals surface area contributed by atoms with Gasteiger partial charge in [0.05, 0.1) is 13.2 Å². The molecule has 100 valence electrons. The third-order valence-electron chi connectivity index (χ3n) is 3.04. The Hall–Kier alpha value is -1.51. The zero-order chi connectivity index (χ0) is 13.7. The number of aliphatic hydroxyl groups excluding tert-OH is 1. The molecule has 0 aliphatic carbocycles. The van der Waals surface area contributed by atoms with Crippen LogP contribution in [0.5, 0.6) is 5.75 Å². The second kappa shape index (κ2) is 6.60. The van der Waals surface area contributed by atoms with Gasteiger partial charge in [-0.3, -0.25) is 0 Å². The molecule has 1 atom stereocenters. The van der Waals surface area contributed by atoms with Crippen LogP contribution in [0.1, 0.15) is 17.0 Å². The van der Waals surface area contributed by atoms with E-state index in [-0.39, 0.29) is 12.5 Å². The number of halogens is 1. The lowest BCUT2D eigenvalue weighted by Crippen LogP contribution is -2.14. The van der Waals surface area contributed by atoms with Crippen LogP contribution in [0.3, 0.4) is 0 Å². The van der Waals surface area contributed by atoms with Crippen LogP contribution in [0.2, 0.25) is 5.02 Å². The number of hydrogen-bond acceptors (Lipinski definition) is 2. The molecule has 19 heavy (non-hydrogen) atoms. The monoisotopic (exact) mass is 276 g/mol. The number of hydrogen-bond donors (Lipinski definition) is 1. The molecule has 1 unspecified atom stereocenters. The van der Waals surface area contributed by atoms with Gasteiger partial charge in [-0.1, -0.05) is 47.5 Å². The number of aliphatic hydroxyl groups is 1. The van der Waals surface area contributed by atoms with Gasteiger partial charge in [0.25, 0.3) is 0 Å². The quantitative estimate of drug-likeness (QED) is 0.900. The van der Waals surface area contributed by atoms with Gasteiger partial charge in [-0.2, -0.15) is 0 Å². The SMILES string of the molecule is Cc1ccc(OCC(CO)c2ccccc2Cl)cc1. The zero-order valence-corrected chi connectivity index (χ0v) is 11.6. The van der Waals surface area contributed by atoms with Crippen molar-refractivity contribution in [3.63, 3.8) is 0 Å². The molecule has 1 N–H and O–H groups in total. The molecule has 0 saturated carbocycles. The van der Waals surface area contributed by atoms with E-state index in [4.69, 9.17) is 16.3 Å². The molecule has 2 aromatic rings. The van der Waals surface area contributed by atoms with Crippen molar-refractivity contribution in [3.8, 4) is 5.75 Å². The maximum Gasteiger partial charge on any atom is 0.119 e. The molecule has 0 aliphatic rings. The van der Waals surface area contributed by atoms with Crippen LogP contribution in [-0.2, 0) is 0 Å². The third-order valence-corrected chi connectivity index (χ3v) is 3.38. The van der Waals surface area contributed by atoms with E-state index in [2.05, 4.69) is 0 Å². The highest BCUT2D eigenvalue weighted by Crippen LogP contribution is 2.25. The lowest BCUT2D eigenvalue weighted by Gasteiger charge is -2.17. The highest BCUT2D eigenvalue weighted by molar-refractivity contribution is 6.31. The molecule has 0 bridgehead atoms. The molecule has 0 amide bonds. The summed E-state index contributed by atoms with van der Waals surface area (Å²) in [6.45, 7) is 2.45. The minimum absolute atomic E-state index is 0.00952. The molecular weight excluding hydrogens is 260 g/mol. The molecule has 0 saturated heterocycles. The Kier molecular flexibility index (Phi) is 4.83. The minimum atomic E-state index is -0.116. The number of benzene rings is 2. The Bertz CT molecular complexity index is 523. The van der Waals surface area contributed by atoms with Crippen molar-refractivity contribution in [2.45, 2.75) is 12.8 Å².